The quantitative estimate of drug-likeness (QED) is 0.870. The second kappa shape index (κ2) is 6.55. The lowest BCUT2D eigenvalue weighted by Gasteiger charge is -2.38. The van der Waals surface area contributed by atoms with Crippen LogP contribution in [-0.2, 0) is 18.8 Å². The summed E-state index contributed by atoms with van der Waals surface area (Å²) in [5.74, 6) is 0. The van der Waals surface area contributed by atoms with Gasteiger partial charge in [-0.3, -0.25) is 9.88 Å². The molecule has 6 heteroatoms. The van der Waals surface area contributed by atoms with Crippen LogP contribution in [0.4, 0.5) is 5.69 Å². The summed E-state index contributed by atoms with van der Waals surface area (Å²) in [6.07, 6.45) is 4.71. The van der Waals surface area contributed by atoms with E-state index in [9.17, 15) is 10.2 Å². The van der Waals surface area contributed by atoms with Gasteiger partial charge in [-0.05, 0) is 36.6 Å². The van der Waals surface area contributed by atoms with Crippen LogP contribution in [0.25, 0.3) is 0 Å². The van der Waals surface area contributed by atoms with Gasteiger partial charge in [-0.2, -0.15) is 5.10 Å². The Labute approximate surface area is 147 Å². The molecule has 1 saturated heterocycles. The fourth-order valence-electron chi connectivity index (χ4n) is 3.52. The third-order valence-electron chi connectivity index (χ3n) is 5.00. The number of pyridine rings is 1. The van der Waals surface area contributed by atoms with Crippen LogP contribution < -0.4 is 5.01 Å². The Hall–Kier alpha value is -2.28. The van der Waals surface area contributed by atoms with Crippen LogP contribution in [0.2, 0.25) is 0 Å². The Morgan fingerprint density at radius 2 is 1.92 bits per heavy atom. The maximum Gasteiger partial charge on any atom is 0.138 e. The molecule has 4 rings (SSSR count). The number of aromatic nitrogens is 1. The van der Waals surface area contributed by atoms with Crippen molar-refractivity contribution in [2.45, 2.75) is 31.6 Å². The fraction of sp³-hybridized carbons (Fsp3) is 0.368. The summed E-state index contributed by atoms with van der Waals surface area (Å²) >= 11 is 0. The van der Waals surface area contributed by atoms with Gasteiger partial charge >= 0.3 is 0 Å². The van der Waals surface area contributed by atoms with Gasteiger partial charge in [0.2, 0.25) is 0 Å². The van der Waals surface area contributed by atoms with Crippen LogP contribution in [0.15, 0.2) is 47.7 Å². The highest BCUT2D eigenvalue weighted by Crippen LogP contribution is 2.34. The monoisotopic (exact) mass is 338 g/mol. The first-order chi connectivity index (χ1) is 12.2. The maximum atomic E-state index is 11.0. The van der Waals surface area contributed by atoms with Crippen molar-refractivity contribution in [2.24, 2.45) is 5.10 Å². The Morgan fingerprint density at radius 1 is 1.12 bits per heavy atom. The van der Waals surface area contributed by atoms with E-state index in [0.717, 1.165) is 25.3 Å². The number of likely N-dealkylation sites (tertiary alicyclic amines) is 1. The molecular formula is C19H22N4O2. The van der Waals surface area contributed by atoms with Gasteiger partial charge in [0.15, 0.2) is 0 Å². The van der Waals surface area contributed by atoms with Gasteiger partial charge in [-0.15, -0.1) is 0 Å². The number of hydrogen-bond donors (Lipinski definition) is 2. The second-order valence-corrected chi connectivity index (χ2v) is 6.72. The average molecular weight is 338 g/mol. The Morgan fingerprint density at radius 3 is 2.64 bits per heavy atom. The van der Waals surface area contributed by atoms with Crippen molar-refractivity contribution >= 4 is 12.0 Å². The van der Waals surface area contributed by atoms with E-state index in [1.54, 1.807) is 18.6 Å². The molecule has 1 fully saturated rings. The van der Waals surface area contributed by atoms with E-state index in [2.05, 4.69) is 27.1 Å². The highest BCUT2D eigenvalue weighted by molar-refractivity contribution is 5.89. The number of hydrogen-bond acceptors (Lipinski definition) is 6. The first-order valence-electron chi connectivity index (χ1n) is 8.60. The molecule has 0 saturated carbocycles. The number of nitrogens with zero attached hydrogens (tertiary/aromatic N) is 4. The minimum Gasteiger partial charge on any atom is -0.392 e. The third kappa shape index (κ3) is 3.42. The molecule has 0 unspecified atom stereocenters. The molecule has 3 heterocycles. The SMILES string of the molecule is OCc1cccnc1C1(O)CCN(Cc2cccc(N3C=N3)c2)CC1. The molecule has 0 radical (unpaired) electrons. The van der Waals surface area contributed by atoms with E-state index in [1.807, 2.05) is 23.2 Å². The summed E-state index contributed by atoms with van der Waals surface area (Å²) in [4.78, 5) is 6.69. The molecule has 1 aromatic carbocycles. The van der Waals surface area contributed by atoms with Gasteiger partial charge in [0.05, 0.1) is 18.0 Å². The number of benzene rings is 1. The summed E-state index contributed by atoms with van der Waals surface area (Å²) in [7, 11) is 0. The molecule has 0 amide bonds. The van der Waals surface area contributed by atoms with Crippen molar-refractivity contribution in [2.75, 3.05) is 18.1 Å². The van der Waals surface area contributed by atoms with Crippen LogP contribution >= 0.6 is 0 Å². The van der Waals surface area contributed by atoms with Crippen LogP contribution in [0.1, 0.15) is 29.7 Å². The zero-order valence-corrected chi connectivity index (χ0v) is 14.0. The van der Waals surface area contributed by atoms with E-state index >= 15 is 0 Å². The zero-order valence-electron chi connectivity index (χ0n) is 14.0. The third-order valence-corrected chi connectivity index (χ3v) is 5.00. The fourth-order valence-corrected chi connectivity index (χ4v) is 3.52. The highest BCUT2D eigenvalue weighted by Gasteiger charge is 2.36. The highest BCUT2D eigenvalue weighted by atomic mass is 16.3. The summed E-state index contributed by atoms with van der Waals surface area (Å²) in [6.45, 7) is 2.35. The molecule has 0 bridgehead atoms. The molecule has 1 aromatic heterocycles. The Balaban J connectivity index is 1.42. The lowest BCUT2D eigenvalue weighted by molar-refractivity contribution is -0.0325. The van der Waals surface area contributed by atoms with Crippen LogP contribution in [0.5, 0.6) is 0 Å². The summed E-state index contributed by atoms with van der Waals surface area (Å²) in [5, 5.41) is 26.5. The van der Waals surface area contributed by atoms with Crippen LogP contribution in [-0.4, -0.2) is 39.5 Å². The second-order valence-electron chi connectivity index (χ2n) is 6.72. The minimum absolute atomic E-state index is 0.0967. The molecule has 2 aliphatic heterocycles. The minimum atomic E-state index is -0.953. The van der Waals surface area contributed by atoms with Crippen molar-refractivity contribution in [1.29, 1.82) is 0 Å². The smallest absolute Gasteiger partial charge is 0.138 e. The summed E-state index contributed by atoms with van der Waals surface area (Å²) in [6, 6.07) is 12.0. The molecule has 2 N–H and O–H groups in total. The van der Waals surface area contributed by atoms with Gasteiger partial charge in [-0.25, -0.2) is 5.01 Å². The van der Waals surface area contributed by atoms with E-state index < -0.39 is 5.60 Å². The predicted molar refractivity (Wildman–Crippen MR) is 96.0 cm³/mol. The van der Waals surface area contributed by atoms with Gasteiger partial charge in [0.25, 0.3) is 0 Å². The molecule has 0 atom stereocenters. The normalized spacial score (nSPS) is 19.2. The van der Waals surface area contributed by atoms with E-state index in [1.165, 1.54) is 5.56 Å². The lowest BCUT2D eigenvalue weighted by Crippen LogP contribution is -2.43. The largest absolute Gasteiger partial charge is 0.392 e. The number of anilines is 1. The molecule has 130 valence electrons. The van der Waals surface area contributed by atoms with Gasteiger partial charge in [0.1, 0.15) is 11.9 Å². The first-order valence-corrected chi connectivity index (χ1v) is 8.60. The molecule has 25 heavy (non-hydrogen) atoms. The number of aliphatic hydroxyl groups excluding tert-OH is 1. The maximum absolute atomic E-state index is 11.0. The van der Waals surface area contributed by atoms with E-state index in [0.29, 0.717) is 24.1 Å². The summed E-state index contributed by atoms with van der Waals surface area (Å²) < 4.78 is 0. The topological polar surface area (TPSA) is 72.0 Å². The number of aliphatic hydroxyl groups is 2. The van der Waals surface area contributed by atoms with E-state index in [-0.39, 0.29) is 6.61 Å². The molecule has 6 nitrogen and oxygen atoms in total. The molecule has 2 aliphatic rings. The van der Waals surface area contributed by atoms with Gasteiger partial charge < -0.3 is 10.2 Å². The molecule has 0 aliphatic carbocycles. The molecule has 0 spiro atoms. The van der Waals surface area contributed by atoms with Crippen molar-refractivity contribution in [1.82, 2.24) is 9.88 Å². The van der Waals surface area contributed by atoms with Crippen LogP contribution in [0, 0.1) is 0 Å². The number of hydrazone groups is 1. The number of rotatable bonds is 5. The first kappa shape index (κ1) is 16.2. The molecule has 2 aromatic rings. The van der Waals surface area contributed by atoms with Crippen molar-refractivity contribution in [3.05, 3.63) is 59.4 Å². The van der Waals surface area contributed by atoms with Crippen LogP contribution in [0.3, 0.4) is 0 Å². The average Bonchev–Trinajstić information content (AvgIpc) is 3.49. The van der Waals surface area contributed by atoms with Crippen molar-refractivity contribution < 1.29 is 10.2 Å². The predicted octanol–water partition coefficient (Wildman–Crippen LogP) is 1.82. The molecular weight excluding hydrogens is 316 g/mol. The zero-order chi connectivity index (χ0) is 17.3. The van der Waals surface area contributed by atoms with Crippen molar-refractivity contribution in [3.8, 4) is 0 Å². The summed E-state index contributed by atoms with van der Waals surface area (Å²) in [5.41, 5.74) is 2.72. The van der Waals surface area contributed by atoms with Crippen molar-refractivity contribution in [3.63, 3.8) is 0 Å². The van der Waals surface area contributed by atoms with E-state index in [4.69, 9.17) is 0 Å². The lowest BCUT2D eigenvalue weighted by atomic mass is 9.85. The Kier molecular flexibility index (Phi) is 4.25. The number of piperidine rings is 1. The Bertz CT molecular complexity index is 778. The standard InChI is InChI=1S/C19H22N4O2/c24-13-16-4-2-8-20-18(16)19(25)6-9-22(10-7-19)12-15-3-1-5-17(11-15)23-14-21-23/h1-5,8,11,14,24-25H,6-7,9-10,12-13H2. The van der Waals surface area contributed by atoms with Gasteiger partial charge in [0, 0.05) is 31.4 Å². The van der Waals surface area contributed by atoms with Gasteiger partial charge in [-0.1, -0.05) is 18.2 Å².